The summed E-state index contributed by atoms with van der Waals surface area (Å²) < 4.78 is 28.4. The third kappa shape index (κ3) is 6.30. The summed E-state index contributed by atoms with van der Waals surface area (Å²) in [5.41, 5.74) is 1.44. The molecule has 2 atom stereocenters. The lowest BCUT2D eigenvalue weighted by Gasteiger charge is -2.15. The molecule has 1 aromatic carbocycles. The number of nitrogens with one attached hydrogen (secondary N) is 1. The Morgan fingerprint density at radius 1 is 1.24 bits per heavy atom. The Morgan fingerprint density at radius 3 is 2.82 bits per heavy atom. The number of nitrogens with zero attached hydrogens (tertiary/aromatic N) is 4. The molecule has 10 nitrogen and oxygen atoms in total. The summed E-state index contributed by atoms with van der Waals surface area (Å²) in [6, 6.07) is 6.94. The molecule has 0 radical (unpaired) electrons. The molecule has 3 N–H and O–H groups in total. The number of halogens is 2. The third-order valence-corrected chi connectivity index (χ3v) is 6.71. The zero-order chi connectivity index (χ0) is 24.3. The molecular weight excluding hydrogens is 503 g/mol. The van der Waals surface area contributed by atoms with Crippen LogP contribution in [0.2, 0.25) is 10.0 Å². The van der Waals surface area contributed by atoms with Crippen molar-refractivity contribution in [2.45, 2.75) is 31.8 Å². The highest BCUT2D eigenvalue weighted by Crippen LogP contribution is 2.29. The number of benzene rings is 1. The van der Waals surface area contributed by atoms with Crippen molar-refractivity contribution in [2.24, 2.45) is 11.1 Å². The number of carbonyl (C=O) groups is 1. The van der Waals surface area contributed by atoms with Crippen LogP contribution in [-0.2, 0) is 21.0 Å². The van der Waals surface area contributed by atoms with E-state index in [1.54, 1.807) is 29.1 Å². The first-order valence-electron chi connectivity index (χ1n) is 10.4. The molecule has 1 aliphatic rings. The van der Waals surface area contributed by atoms with Crippen LogP contribution in [0, 0.1) is 5.92 Å². The number of rotatable bonds is 9. The lowest BCUT2D eigenvalue weighted by Crippen LogP contribution is -2.22. The zero-order valence-corrected chi connectivity index (χ0v) is 20.2. The van der Waals surface area contributed by atoms with E-state index < -0.39 is 10.3 Å². The summed E-state index contributed by atoms with van der Waals surface area (Å²) in [5, 5.41) is 13.5. The van der Waals surface area contributed by atoms with Crippen molar-refractivity contribution in [2.75, 3.05) is 11.9 Å². The maximum atomic E-state index is 13.1. The molecule has 0 bridgehead atoms. The van der Waals surface area contributed by atoms with Gasteiger partial charge in [0.15, 0.2) is 0 Å². The maximum Gasteiger partial charge on any atom is 0.333 e. The van der Waals surface area contributed by atoms with E-state index in [-0.39, 0.29) is 30.0 Å². The Balaban J connectivity index is 1.42. The lowest BCUT2D eigenvalue weighted by molar-refractivity contribution is 0.103. The van der Waals surface area contributed by atoms with Gasteiger partial charge in [-0.1, -0.05) is 29.3 Å². The van der Waals surface area contributed by atoms with Crippen LogP contribution >= 0.6 is 23.2 Å². The van der Waals surface area contributed by atoms with Crippen molar-refractivity contribution in [1.82, 2.24) is 19.7 Å². The van der Waals surface area contributed by atoms with Gasteiger partial charge in [0, 0.05) is 18.4 Å². The number of carbonyl (C=O) groups excluding carboxylic acids is 1. The minimum absolute atomic E-state index is 0.00254. The minimum atomic E-state index is -3.97. The molecule has 180 valence electrons. The first-order valence-corrected chi connectivity index (χ1v) is 12.7. The van der Waals surface area contributed by atoms with E-state index in [0.717, 1.165) is 18.4 Å². The number of hydrogen-bond acceptors (Lipinski definition) is 8. The highest BCUT2D eigenvalue weighted by molar-refractivity contribution is 7.84. The Hall–Kier alpha value is -2.57. The number of aromatic nitrogens is 4. The second-order valence-corrected chi connectivity index (χ2v) is 10.1. The summed E-state index contributed by atoms with van der Waals surface area (Å²) in [7, 11) is -3.97. The van der Waals surface area contributed by atoms with Gasteiger partial charge in [-0.25, -0.2) is 15.1 Å². The molecule has 0 spiro atoms. The summed E-state index contributed by atoms with van der Waals surface area (Å²) in [6.45, 7) is 0.452. The molecule has 2 heterocycles. The average Bonchev–Trinajstić information content (AvgIpc) is 3.44. The molecule has 1 saturated carbocycles. The molecule has 1 aliphatic carbocycles. The van der Waals surface area contributed by atoms with Gasteiger partial charge in [-0.05, 0) is 48.9 Å². The molecule has 3 aromatic rings. The van der Waals surface area contributed by atoms with Gasteiger partial charge < -0.3 is 5.32 Å². The Labute approximate surface area is 206 Å². The third-order valence-electron chi connectivity index (χ3n) is 5.51. The van der Waals surface area contributed by atoms with E-state index in [2.05, 4.69) is 20.4 Å². The lowest BCUT2D eigenvalue weighted by atomic mass is 10.1. The Morgan fingerprint density at radius 2 is 2.06 bits per heavy atom. The van der Waals surface area contributed by atoms with Gasteiger partial charge >= 0.3 is 10.3 Å². The zero-order valence-electron chi connectivity index (χ0n) is 17.9. The van der Waals surface area contributed by atoms with Gasteiger partial charge in [-0.3, -0.25) is 13.7 Å². The van der Waals surface area contributed by atoms with Gasteiger partial charge in [0.1, 0.15) is 17.8 Å². The standard InChI is InChI=1S/C21H22Cl2N6O4S/c22-17-4-2-13(8-18(17)23)10-29-6-5-19(28-29)20(30)16-9-25-12-26-21(16)27-15-3-1-14(7-15)11-33-34(24,31)32/h2,4-6,8-9,12,14-15H,1,3,7,10-11H2,(H2,24,31,32)(H,25,26,27)/t14-,15+/m1/s1. The van der Waals surface area contributed by atoms with Gasteiger partial charge in [-0.2, -0.15) is 13.5 Å². The second kappa shape index (κ2) is 10.4. The predicted molar refractivity (Wildman–Crippen MR) is 127 cm³/mol. The van der Waals surface area contributed by atoms with Crippen LogP contribution in [0.4, 0.5) is 5.82 Å². The summed E-state index contributed by atoms with van der Waals surface area (Å²) in [5.74, 6) is 0.119. The van der Waals surface area contributed by atoms with Gasteiger partial charge in [-0.15, -0.1) is 0 Å². The highest BCUT2D eigenvalue weighted by Gasteiger charge is 2.28. The van der Waals surface area contributed by atoms with E-state index in [4.69, 9.17) is 32.5 Å². The van der Waals surface area contributed by atoms with Crippen LogP contribution < -0.4 is 10.5 Å². The van der Waals surface area contributed by atoms with E-state index in [0.29, 0.717) is 34.4 Å². The van der Waals surface area contributed by atoms with Gasteiger partial charge in [0.25, 0.3) is 0 Å². The van der Waals surface area contributed by atoms with E-state index in [9.17, 15) is 13.2 Å². The van der Waals surface area contributed by atoms with E-state index in [1.165, 1.54) is 12.5 Å². The quantitative estimate of drug-likeness (QED) is 0.406. The molecule has 13 heteroatoms. The molecule has 4 rings (SSSR count). The maximum absolute atomic E-state index is 13.1. The van der Waals surface area contributed by atoms with Crippen LogP contribution in [0.25, 0.3) is 0 Å². The fourth-order valence-corrected chi connectivity index (χ4v) is 4.59. The van der Waals surface area contributed by atoms with Crippen molar-refractivity contribution >= 4 is 45.1 Å². The molecule has 0 saturated heterocycles. The fraction of sp³-hybridized carbons (Fsp3) is 0.333. The molecule has 1 fully saturated rings. The van der Waals surface area contributed by atoms with Crippen molar-refractivity contribution in [3.05, 3.63) is 69.9 Å². The number of anilines is 1. The van der Waals surface area contributed by atoms with Gasteiger partial charge in [0.2, 0.25) is 5.78 Å². The van der Waals surface area contributed by atoms with Crippen LogP contribution in [-0.4, -0.2) is 46.6 Å². The average molecular weight is 525 g/mol. The number of nitrogens with two attached hydrogens (primary N) is 1. The van der Waals surface area contributed by atoms with Crippen LogP contribution in [0.5, 0.6) is 0 Å². The van der Waals surface area contributed by atoms with E-state index in [1.807, 2.05) is 6.07 Å². The smallest absolute Gasteiger partial charge is 0.333 e. The molecule has 34 heavy (non-hydrogen) atoms. The summed E-state index contributed by atoms with van der Waals surface area (Å²) in [6.07, 6.45) is 6.71. The van der Waals surface area contributed by atoms with Crippen LogP contribution in [0.3, 0.4) is 0 Å². The first kappa shape index (κ1) is 24.6. The Kier molecular flexibility index (Phi) is 7.48. The van der Waals surface area contributed by atoms with Crippen molar-refractivity contribution in [3.63, 3.8) is 0 Å². The predicted octanol–water partition coefficient (Wildman–Crippen LogP) is 3.06. The number of hydrogen-bond donors (Lipinski definition) is 2. The fourth-order valence-electron chi connectivity index (χ4n) is 3.89. The second-order valence-electron chi connectivity index (χ2n) is 8.06. The molecule has 0 unspecified atom stereocenters. The molecule has 0 aliphatic heterocycles. The van der Waals surface area contributed by atoms with Crippen LogP contribution in [0.15, 0.2) is 43.0 Å². The molecule has 0 amide bonds. The first-order chi connectivity index (χ1) is 16.2. The molecule has 2 aromatic heterocycles. The monoisotopic (exact) mass is 524 g/mol. The van der Waals surface area contributed by atoms with Gasteiger partial charge in [0.05, 0.1) is 28.8 Å². The van der Waals surface area contributed by atoms with E-state index >= 15 is 0 Å². The van der Waals surface area contributed by atoms with Crippen molar-refractivity contribution in [3.8, 4) is 0 Å². The normalized spacial score (nSPS) is 18.2. The number of ketones is 1. The van der Waals surface area contributed by atoms with Crippen molar-refractivity contribution in [1.29, 1.82) is 0 Å². The van der Waals surface area contributed by atoms with Crippen LogP contribution in [0.1, 0.15) is 40.9 Å². The summed E-state index contributed by atoms with van der Waals surface area (Å²) in [4.78, 5) is 21.4. The SMILES string of the molecule is NS(=O)(=O)OC[C@@H]1CC[C@H](Nc2ncncc2C(=O)c2ccn(Cc3ccc(Cl)c(Cl)c3)n2)C1. The molecular formula is C21H22Cl2N6O4S. The highest BCUT2D eigenvalue weighted by atomic mass is 35.5. The topological polar surface area (TPSA) is 142 Å². The largest absolute Gasteiger partial charge is 0.367 e. The van der Waals surface area contributed by atoms with Crippen molar-refractivity contribution < 1.29 is 17.4 Å². The summed E-state index contributed by atoms with van der Waals surface area (Å²) >= 11 is 12.0. The Bertz CT molecular complexity index is 1300. The minimum Gasteiger partial charge on any atom is -0.367 e.